The summed E-state index contributed by atoms with van der Waals surface area (Å²) in [5.41, 5.74) is 0.703. The summed E-state index contributed by atoms with van der Waals surface area (Å²) in [6.45, 7) is 4.03. The summed E-state index contributed by atoms with van der Waals surface area (Å²) in [5.74, 6) is 0.546. The molecule has 0 aromatic carbocycles. The van der Waals surface area contributed by atoms with Crippen LogP contribution in [0.1, 0.15) is 25.7 Å². The maximum Gasteiger partial charge on any atom is 0.321 e. The first-order chi connectivity index (χ1) is 10.8. The maximum absolute atomic E-state index is 12.4. The first-order valence-electron chi connectivity index (χ1n) is 8.06. The Morgan fingerprint density at radius 1 is 1.27 bits per heavy atom. The molecule has 2 fully saturated rings. The van der Waals surface area contributed by atoms with E-state index in [2.05, 4.69) is 15.2 Å². The van der Waals surface area contributed by atoms with Crippen molar-refractivity contribution in [2.75, 3.05) is 38.6 Å². The van der Waals surface area contributed by atoms with Gasteiger partial charge in [0.05, 0.1) is 19.0 Å². The number of likely N-dealkylation sites (tertiary alicyclic amines) is 2. The van der Waals surface area contributed by atoms with Crippen molar-refractivity contribution in [2.45, 2.75) is 31.7 Å². The van der Waals surface area contributed by atoms with Gasteiger partial charge < -0.3 is 15.0 Å². The number of nitrogens with one attached hydrogen (secondary N) is 1. The number of urea groups is 1. The number of carbonyl (C=O) groups is 1. The largest absolute Gasteiger partial charge is 0.481 e. The fraction of sp³-hybridized carbons (Fsp3) is 0.625. The zero-order valence-corrected chi connectivity index (χ0v) is 13.1. The molecule has 0 radical (unpaired) electrons. The molecular formula is C16H24N4O2. The van der Waals surface area contributed by atoms with Crippen LogP contribution in [0.5, 0.6) is 5.88 Å². The average molecular weight is 304 g/mol. The fourth-order valence-electron chi connectivity index (χ4n) is 3.32. The van der Waals surface area contributed by atoms with Gasteiger partial charge in [-0.3, -0.25) is 4.90 Å². The normalized spacial score (nSPS) is 22.6. The third-order valence-electron chi connectivity index (χ3n) is 4.54. The number of hydrogen-bond donors (Lipinski definition) is 1. The molecular weight excluding hydrogens is 280 g/mol. The van der Waals surface area contributed by atoms with E-state index in [1.807, 2.05) is 11.0 Å². The third-order valence-corrected chi connectivity index (χ3v) is 4.54. The number of anilines is 1. The lowest BCUT2D eigenvalue weighted by molar-refractivity contribution is 0.132. The summed E-state index contributed by atoms with van der Waals surface area (Å²) >= 11 is 0. The maximum atomic E-state index is 12.4. The van der Waals surface area contributed by atoms with Gasteiger partial charge in [0, 0.05) is 25.2 Å². The molecule has 0 unspecified atom stereocenters. The van der Waals surface area contributed by atoms with E-state index in [-0.39, 0.29) is 6.03 Å². The van der Waals surface area contributed by atoms with Gasteiger partial charge in [-0.15, -0.1) is 0 Å². The van der Waals surface area contributed by atoms with E-state index in [0.29, 0.717) is 17.6 Å². The van der Waals surface area contributed by atoms with Crippen LogP contribution in [-0.4, -0.2) is 60.1 Å². The molecule has 2 aliphatic heterocycles. The molecule has 3 heterocycles. The molecule has 0 bridgehead atoms. The summed E-state index contributed by atoms with van der Waals surface area (Å²) in [6, 6.07) is 4.05. The second kappa shape index (κ2) is 6.96. The molecule has 1 aromatic rings. The number of rotatable bonds is 3. The highest BCUT2D eigenvalue weighted by Gasteiger charge is 2.29. The Hall–Kier alpha value is -1.82. The standard InChI is InChI=1S/C16H24N4O2/c1-22-15-7-6-13(11-17-15)18-16(21)20-10-4-5-14(12-20)19-8-2-3-9-19/h6-7,11,14H,2-5,8-10,12H2,1H3,(H,18,21)/t14-/m1/s1. The van der Waals surface area contributed by atoms with Crippen LogP contribution < -0.4 is 10.1 Å². The Morgan fingerprint density at radius 2 is 2.09 bits per heavy atom. The summed E-state index contributed by atoms with van der Waals surface area (Å²) in [5, 5.41) is 2.92. The van der Waals surface area contributed by atoms with E-state index in [1.54, 1.807) is 19.4 Å². The van der Waals surface area contributed by atoms with Crippen molar-refractivity contribution < 1.29 is 9.53 Å². The van der Waals surface area contributed by atoms with Crippen molar-refractivity contribution in [3.05, 3.63) is 18.3 Å². The van der Waals surface area contributed by atoms with Crippen LogP contribution in [0.25, 0.3) is 0 Å². The minimum atomic E-state index is -0.0316. The number of carbonyl (C=O) groups excluding carboxylic acids is 1. The molecule has 6 heteroatoms. The molecule has 0 saturated carbocycles. The quantitative estimate of drug-likeness (QED) is 0.930. The molecule has 2 amide bonds. The van der Waals surface area contributed by atoms with E-state index in [4.69, 9.17) is 4.74 Å². The minimum absolute atomic E-state index is 0.0316. The summed E-state index contributed by atoms with van der Waals surface area (Å²) in [6.07, 6.45) is 6.49. The van der Waals surface area contributed by atoms with Crippen LogP contribution in [0.15, 0.2) is 18.3 Å². The molecule has 120 valence electrons. The zero-order valence-electron chi connectivity index (χ0n) is 13.1. The van der Waals surface area contributed by atoms with E-state index < -0.39 is 0 Å². The van der Waals surface area contributed by atoms with Crippen molar-refractivity contribution in [2.24, 2.45) is 0 Å². The van der Waals surface area contributed by atoms with Gasteiger partial charge in [0.1, 0.15) is 0 Å². The molecule has 22 heavy (non-hydrogen) atoms. The highest BCUT2D eigenvalue weighted by molar-refractivity contribution is 5.89. The SMILES string of the molecule is COc1ccc(NC(=O)N2CCC[C@@H](N3CCCC3)C2)cn1. The minimum Gasteiger partial charge on any atom is -0.481 e. The number of aromatic nitrogens is 1. The van der Waals surface area contributed by atoms with Gasteiger partial charge in [-0.1, -0.05) is 0 Å². The Morgan fingerprint density at radius 3 is 2.77 bits per heavy atom. The van der Waals surface area contributed by atoms with Gasteiger partial charge in [-0.2, -0.15) is 0 Å². The van der Waals surface area contributed by atoms with Crippen LogP contribution in [-0.2, 0) is 0 Å². The van der Waals surface area contributed by atoms with Gasteiger partial charge in [0.25, 0.3) is 0 Å². The Labute approximate surface area is 131 Å². The topological polar surface area (TPSA) is 57.7 Å². The molecule has 3 rings (SSSR count). The molecule has 6 nitrogen and oxygen atoms in total. The smallest absolute Gasteiger partial charge is 0.321 e. The molecule has 0 spiro atoms. The van der Waals surface area contributed by atoms with Crippen molar-refractivity contribution >= 4 is 11.7 Å². The van der Waals surface area contributed by atoms with E-state index in [0.717, 1.165) is 19.5 Å². The van der Waals surface area contributed by atoms with Crippen LogP contribution in [0.2, 0.25) is 0 Å². The number of methoxy groups -OCH3 is 1. The van der Waals surface area contributed by atoms with Crippen molar-refractivity contribution in [1.29, 1.82) is 0 Å². The van der Waals surface area contributed by atoms with Gasteiger partial charge in [0.2, 0.25) is 5.88 Å². The zero-order chi connectivity index (χ0) is 15.4. The number of amides is 2. The number of pyridine rings is 1. The molecule has 2 aliphatic rings. The fourth-order valence-corrected chi connectivity index (χ4v) is 3.32. The molecule has 0 aliphatic carbocycles. The highest BCUT2D eigenvalue weighted by atomic mass is 16.5. The van der Waals surface area contributed by atoms with Crippen LogP contribution >= 0.6 is 0 Å². The number of ether oxygens (including phenoxy) is 1. The highest BCUT2D eigenvalue weighted by Crippen LogP contribution is 2.21. The first kappa shape index (κ1) is 15.1. The lowest BCUT2D eigenvalue weighted by Gasteiger charge is -2.37. The first-order valence-corrected chi connectivity index (χ1v) is 8.06. The Bertz CT molecular complexity index is 499. The lowest BCUT2D eigenvalue weighted by Crippen LogP contribution is -2.50. The monoisotopic (exact) mass is 304 g/mol. The summed E-state index contributed by atoms with van der Waals surface area (Å²) < 4.78 is 5.02. The van der Waals surface area contributed by atoms with Crippen LogP contribution in [0.3, 0.4) is 0 Å². The number of piperidine rings is 1. The molecule has 1 N–H and O–H groups in total. The third kappa shape index (κ3) is 3.50. The summed E-state index contributed by atoms with van der Waals surface area (Å²) in [4.78, 5) is 21.0. The predicted octanol–water partition coefficient (Wildman–Crippen LogP) is 2.18. The van der Waals surface area contributed by atoms with Crippen molar-refractivity contribution in [3.8, 4) is 5.88 Å². The number of nitrogens with zero attached hydrogens (tertiary/aromatic N) is 3. The van der Waals surface area contributed by atoms with Crippen LogP contribution in [0, 0.1) is 0 Å². The summed E-state index contributed by atoms with van der Waals surface area (Å²) in [7, 11) is 1.58. The second-order valence-electron chi connectivity index (χ2n) is 6.00. The van der Waals surface area contributed by atoms with Crippen LogP contribution in [0.4, 0.5) is 10.5 Å². The van der Waals surface area contributed by atoms with Gasteiger partial charge in [0.15, 0.2) is 0 Å². The van der Waals surface area contributed by atoms with Gasteiger partial charge in [-0.05, 0) is 44.8 Å². The van der Waals surface area contributed by atoms with E-state index in [1.165, 1.54) is 32.4 Å². The molecule has 2 saturated heterocycles. The Balaban J connectivity index is 1.56. The van der Waals surface area contributed by atoms with Crippen molar-refractivity contribution in [3.63, 3.8) is 0 Å². The van der Waals surface area contributed by atoms with Gasteiger partial charge in [-0.25, -0.2) is 9.78 Å². The van der Waals surface area contributed by atoms with Crippen molar-refractivity contribution in [1.82, 2.24) is 14.8 Å². The number of hydrogen-bond acceptors (Lipinski definition) is 4. The van der Waals surface area contributed by atoms with E-state index in [9.17, 15) is 4.79 Å². The van der Waals surface area contributed by atoms with Gasteiger partial charge >= 0.3 is 6.03 Å². The van der Waals surface area contributed by atoms with E-state index >= 15 is 0 Å². The Kier molecular flexibility index (Phi) is 4.77. The second-order valence-corrected chi connectivity index (χ2v) is 6.00. The predicted molar refractivity (Wildman–Crippen MR) is 85.2 cm³/mol. The molecule has 1 aromatic heterocycles. The molecule has 1 atom stereocenters. The average Bonchev–Trinajstić information content (AvgIpc) is 3.10. The lowest BCUT2D eigenvalue weighted by atomic mass is 10.0.